The van der Waals surface area contributed by atoms with Crippen LogP contribution in [0.15, 0.2) is 17.0 Å². The molecule has 0 spiro atoms. The summed E-state index contributed by atoms with van der Waals surface area (Å²) < 4.78 is 38.1. The van der Waals surface area contributed by atoms with Gasteiger partial charge in [0, 0.05) is 26.7 Å². The minimum absolute atomic E-state index is 0.0396. The van der Waals surface area contributed by atoms with Crippen LogP contribution in [0.5, 0.6) is 5.75 Å². The molecule has 7 nitrogen and oxygen atoms in total. The standard InChI is InChI=1S/C23H38N2O5S/c1-17-14-21(29-6)15-18(2)23(17)31(27,28)24(4)12-13-30-16-22(26)25(5)19(3)20-10-8-7-9-11-20/h14-15,19-20H,7-13,16H2,1-6H3. The van der Waals surface area contributed by atoms with E-state index in [-0.39, 0.29) is 36.6 Å². The first-order valence-corrected chi connectivity index (χ1v) is 12.5. The lowest BCUT2D eigenvalue weighted by molar-refractivity contribution is -0.137. The second-order valence-corrected chi connectivity index (χ2v) is 10.6. The van der Waals surface area contributed by atoms with Crippen LogP contribution in [-0.4, -0.2) is 70.5 Å². The summed E-state index contributed by atoms with van der Waals surface area (Å²) in [4.78, 5) is 14.6. The highest BCUT2D eigenvalue weighted by Gasteiger charge is 2.27. The normalized spacial score (nSPS) is 16.4. The molecule has 0 radical (unpaired) electrons. The van der Waals surface area contributed by atoms with Gasteiger partial charge in [0.2, 0.25) is 15.9 Å². The average molecular weight is 455 g/mol. The van der Waals surface area contributed by atoms with Gasteiger partial charge >= 0.3 is 0 Å². The van der Waals surface area contributed by atoms with Gasteiger partial charge in [0.1, 0.15) is 12.4 Å². The van der Waals surface area contributed by atoms with Crippen molar-refractivity contribution in [1.82, 2.24) is 9.21 Å². The zero-order valence-corrected chi connectivity index (χ0v) is 20.6. The highest BCUT2D eigenvalue weighted by molar-refractivity contribution is 7.89. The number of methoxy groups -OCH3 is 1. The number of amides is 1. The Morgan fingerprint density at radius 3 is 2.26 bits per heavy atom. The summed E-state index contributed by atoms with van der Waals surface area (Å²) in [6, 6.07) is 3.62. The molecule has 1 aromatic rings. The molecule has 176 valence electrons. The summed E-state index contributed by atoms with van der Waals surface area (Å²) in [5, 5.41) is 0. The van der Waals surface area contributed by atoms with Crippen molar-refractivity contribution in [1.29, 1.82) is 0 Å². The Labute approximate surface area is 187 Å². The fourth-order valence-electron chi connectivity index (χ4n) is 4.33. The maximum Gasteiger partial charge on any atom is 0.248 e. The number of hydrogen-bond donors (Lipinski definition) is 0. The van der Waals surface area contributed by atoms with Crippen molar-refractivity contribution in [2.24, 2.45) is 5.92 Å². The summed E-state index contributed by atoms with van der Waals surface area (Å²) in [6.45, 7) is 5.91. The van der Waals surface area contributed by atoms with Gasteiger partial charge in [-0.3, -0.25) is 4.79 Å². The third-order valence-electron chi connectivity index (χ3n) is 6.45. The van der Waals surface area contributed by atoms with Crippen molar-refractivity contribution >= 4 is 15.9 Å². The Bertz CT molecular complexity index is 827. The highest BCUT2D eigenvalue weighted by Crippen LogP contribution is 2.29. The van der Waals surface area contributed by atoms with E-state index < -0.39 is 10.0 Å². The second kappa shape index (κ2) is 11.3. The quantitative estimate of drug-likeness (QED) is 0.507. The molecule has 1 atom stereocenters. The van der Waals surface area contributed by atoms with Crippen LogP contribution >= 0.6 is 0 Å². The molecular formula is C23H38N2O5S. The van der Waals surface area contributed by atoms with E-state index in [1.807, 2.05) is 7.05 Å². The smallest absolute Gasteiger partial charge is 0.248 e. The van der Waals surface area contributed by atoms with E-state index in [0.29, 0.717) is 22.8 Å². The number of rotatable bonds is 10. The van der Waals surface area contributed by atoms with E-state index in [1.54, 1.807) is 38.0 Å². The van der Waals surface area contributed by atoms with Crippen LogP contribution in [0.3, 0.4) is 0 Å². The topological polar surface area (TPSA) is 76.1 Å². The maximum atomic E-state index is 13.0. The molecule has 0 aromatic heterocycles. The third-order valence-corrected chi connectivity index (χ3v) is 8.61. The van der Waals surface area contributed by atoms with Gasteiger partial charge in [-0.15, -0.1) is 0 Å². The third kappa shape index (κ3) is 6.43. The zero-order chi connectivity index (χ0) is 23.2. The van der Waals surface area contributed by atoms with Crippen LogP contribution in [0.1, 0.15) is 50.2 Å². The Hall–Kier alpha value is -1.64. The minimum atomic E-state index is -3.67. The average Bonchev–Trinajstić information content (AvgIpc) is 2.75. The number of likely N-dealkylation sites (N-methyl/N-ethyl adjacent to an activating group) is 2. The predicted molar refractivity (Wildman–Crippen MR) is 122 cm³/mol. The Balaban J connectivity index is 1.87. The summed E-state index contributed by atoms with van der Waals surface area (Å²) in [5.41, 5.74) is 1.27. The molecular weight excluding hydrogens is 416 g/mol. The molecule has 1 unspecified atom stereocenters. The van der Waals surface area contributed by atoms with Crippen LogP contribution < -0.4 is 4.74 Å². The lowest BCUT2D eigenvalue weighted by Gasteiger charge is -2.34. The number of carbonyl (C=O) groups excluding carboxylic acids is 1. The summed E-state index contributed by atoms with van der Waals surface area (Å²) >= 11 is 0. The maximum absolute atomic E-state index is 13.0. The van der Waals surface area contributed by atoms with Crippen LogP contribution in [0.2, 0.25) is 0 Å². The van der Waals surface area contributed by atoms with Crippen molar-refractivity contribution in [2.45, 2.75) is 63.8 Å². The molecule has 31 heavy (non-hydrogen) atoms. The van der Waals surface area contributed by atoms with Crippen molar-refractivity contribution in [3.63, 3.8) is 0 Å². The summed E-state index contributed by atoms with van der Waals surface area (Å²) in [6.07, 6.45) is 6.11. The Kier molecular flexibility index (Phi) is 9.33. The first-order chi connectivity index (χ1) is 14.6. The van der Waals surface area contributed by atoms with E-state index in [4.69, 9.17) is 9.47 Å². The number of benzene rings is 1. The Morgan fingerprint density at radius 2 is 1.71 bits per heavy atom. The van der Waals surface area contributed by atoms with Crippen LogP contribution in [0.25, 0.3) is 0 Å². The fourth-order valence-corrected chi connectivity index (χ4v) is 5.88. The monoisotopic (exact) mass is 454 g/mol. The largest absolute Gasteiger partial charge is 0.497 e. The second-order valence-electron chi connectivity index (χ2n) is 8.61. The lowest BCUT2D eigenvalue weighted by Crippen LogP contribution is -2.42. The number of aryl methyl sites for hydroxylation is 2. The predicted octanol–water partition coefficient (Wildman–Crippen LogP) is 3.38. The van der Waals surface area contributed by atoms with Crippen molar-refractivity contribution in [3.8, 4) is 5.75 Å². The number of nitrogens with zero attached hydrogens (tertiary/aromatic N) is 2. The molecule has 1 amide bonds. The van der Waals surface area contributed by atoms with E-state index in [0.717, 1.165) is 0 Å². The molecule has 2 rings (SSSR count). The molecule has 0 aliphatic heterocycles. The molecule has 0 bridgehead atoms. The molecule has 1 fully saturated rings. The number of sulfonamides is 1. The Morgan fingerprint density at radius 1 is 1.13 bits per heavy atom. The highest BCUT2D eigenvalue weighted by atomic mass is 32.2. The molecule has 1 aliphatic rings. The first kappa shape index (κ1) is 25.6. The summed E-state index contributed by atoms with van der Waals surface area (Å²) in [5.74, 6) is 1.12. The van der Waals surface area contributed by atoms with Crippen LogP contribution in [-0.2, 0) is 19.6 Å². The molecule has 0 N–H and O–H groups in total. The summed E-state index contributed by atoms with van der Waals surface area (Å²) in [7, 11) is 1.25. The SMILES string of the molecule is COc1cc(C)c(S(=O)(=O)N(C)CCOCC(=O)N(C)C(C)C2CCCCC2)c(C)c1. The van der Waals surface area contributed by atoms with Crippen LogP contribution in [0, 0.1) is 19.8 Å². The number of hydrogen-bond acceptors (Lipinski definition) is 5. The minimum Gasteiger partial charge on any atom is -0.497 e. The number of ether oxygens (including phenoxy) is 2. The van der Waals surface area contributed by atoms with Gasteiger partial charge in [0.25, 0.3) is 0 Å². The first-order valence-electron chi connectivity index (χ1n) is 11.0. The molecule has 0 saturated heterocycles. The van der Waals surface area contributed by atoms with Gasteiger partial charge in [0.15, 0.2) is 0 Å². The van der Waals surface area contributed by atoms with Gasteiger partial charge in [-0.05, 0) is 62.8 Å². The van der Waals surface area contributed by atoms with Crippen molar-refractivity contribution in [2.75, 3.05) is 41.0 Å². The van der Waals surface area contributed by atoms with Gasteiger partial charge in [-0.2, -0.15) is 4.31 Å². The molecule has 1 saturated carbocycles. The van der Waals surface area contributed by atoms with E-state index in [9.17, 15) is 13.2 Å². The zero-order valence-electron chi connectivity index (χ0n) is 19.8. The van der Waals surface area contributed by atoms with E-state index in [2.05, 4.69) is 6.92 Å². The van der Waals surface area contributed by atoms with E-state index in [1.165, 1.54) is 43.5 Å². The van der Waals surface area contributed by atoms with Gasteiger partial charge in [-0.25, -0.2) is 8.42 Å². The van der Waals surface area contributed by atoms with Gasteiger partial charge in [0.05, 0.1) is 18.6 Å². The molecule has 1 aliphatic carbocycles. The van der Waals surface area contributed by atoms with Gasteiger partial charge < -0.3 is 14.4 Å². The number of carbonyl (C=O) groups is 1. The molecule has 8 heteroatoms. The van der Waals surface area contributed by atoms with Crippen molar-refractivity contribution < 1.29 is 22.7 Å². The molecule has 0 heterocycles. The van der Waals surface area contributed by atoms with Crippen molar-refractivity contribution in [3.05, 3.63) is 23.3 Å². The van der Waals surface area contributed by atoms with Crippen LogP contribution in [0.4, 0.5) is 0 Å². The lowest BCUT2D eigenvalue weighted by atomic mass is 9.84. The molecule has 1 aromatic carbocycles. The van der Waals surface area contributed by atoms with E-state index >= 15 is 0 Å². The fraction of sp³-hybridized carbons (Fsp3) is 0.696. The van der Waals surface area contributed by atoms with Gasteiger partial charge in [-0.1, -0.05) is 19.3 Å².